The van der Waals surface area contributed by atoms with E-state index in [1.807, 2.05) is 27.7 Å². The molecule has 0 heterocycles. The third-order valence-electron chi connectivity index (χ3n) is 3.18. The van der Waals surface area contributed by atoms with Gasteiger partial charge in [0.05, 0.1) is 0 Å². The quantitative estimate of drug-likeness (QED) is 0.557. The molecule has 0 N–H and O–H groups in total. The number of nitrogens with zero attached hydrogens (tertiary/aromatic N) is 1. The molecule has 3 heteroatoms. The first-order valence-electron chi connectivity index (χ1n) is 6.50. The van der Waals surface area contributed by atoms with Crippen LogP contribution in [0.3, 0.4) is 0 Å². The van der Waals surface area contributed by atoms with Gasteiger partial charge in [0, 0.05) is 25.1 Å². The lowest BCUT2D eigenvalue weighted by atomic mass is 9.70. The summed E-state index contributed by atoms with van der Waals surface area (Å²) in [6, 6.07) is 0. The van der Waals surface area contributed by atoms with E-state index in [0.717, 1.165) is 12.1 Å². The van der Waals surface area contributed by atoms with Gasteiger partial charge in [-0.25, -0.2) is 0 Å². The van der Waals surface area contributed by atoms with Gasteiger partial charge in [-0.2, -0.15) is 0 Å². The second-order valence-corrected chi connectivity index (χ2v) is 5.61. The van der Waals surface area contributed by atoms with Gasteiger partial charge in [0.25, 0.3) is 0 Å². The van der Waals surface area contributed by atoms with Gasteiger partial charge in [-0.3, -0.25) is 14.6 Å². The number of rotatable bonds is 4. The minimum Gasteiger partial charge on any atom is -0.298 e. The van der Waals surface area contributed by atoms with Gasteiger partial charge < -0.3 is 0 Å². The van der Waals surface area contributed by atoms with E-state index in [1.54, 1.807) is 0 Å². The van der Waals surface area contributed by atoms with Crippen molar-refractivity contribution in [3.8, 4) is 0 Å². The summed E-state index contributed by atoms with van der Waals surface area (Å²) in [5.41, 5.74) is 0.617. The van der Waals surface area contributed by atoms with Crippen LogP contribution in [0.1, 0.15) is 53.4 Å². The molecule has 0 amide bonds. The summed E-state index contributed by atoms with van der Waals surface area (Å²) in [5, 5.41) is 0. The Morgan fingerprint density at radius 2 is 1.76 bits per heavy atom. The minimum atomic E-state index is -0.542. The fourth-order valence-electron chi connectivity index (χ4n) is 2.42. The highest BCUT2D eigenvalue weighted by Crippen LogP contribution is 2.34. The molecule has 0 aromatic heterocycles. The molecule has 0 radical (unpaired) electrons. The zero-order valence-electron chi connectivity index (χ0n) is 11.4. The fraction of sp³-hybridized carbons (Fsp3) is 0.786. The van der Waals surface area contributed by atoms with Gasteiger partial charge in [0.2, 0.25) is 0 Å². The van der Waals surface area contributed by atoms with Crippen molar-refractivity contribution in [2.75, 3.05) is 6.54 Å². The monoisotopic (exact) mass is 237 g/mol. The van der Waals surface area contributed by atoms with Gasteiger partial charge in [-0.05, 0) is 18.3 Å². The molecule has 96 valence electrons. The van der Waals surface area contributed by atoms with Crippen LogP contribution in [-0.2, 0) is 9.59 Å². The summed E-state index contributed by atoms with van der Waals surface area (Å²) >= 11 is 0. The van der Waals surface area contributed by atoms with Gasteiger partial charge in [-0.1, -0.05) is 27.7 Å². The minimum absolute atomic E-state index is 0.0583. The van der Waals surface area contributed by atoms with Crippen molar-refractivity contribution in [3.63, 3.8) is 0 Å². The number of Topliss-reactive ketones (excluding diaryl/α,β-unsaturated/α-hetero) is 2. The molecule has 1 fully saturated rings. The summed E-state index contributed by atoms with van der Waals surface area (Å²) in [6.07, 6.45) is 2.63. The van der Waals surface area contributed by atoms with E-state index in [1.165, 1.54) is 0 Å². The Morgan fingerprint density at radius 1 is 1.24 bits per heavy atom. The van der Waals surface area contributed by atoms with Crippen molar-refractivity contribution in [1.82, 2.24) is 0 Å². The third-order valence-corrected chi connectivity index (χ3v) is 3.18. The summed E-state index contributed by atoms with van der Waals surface area (Å²) < 4.78 is 0. The molecule has 0 atom stereocenters. The van der Waals surface area contributed by atoms with Crippen LogP contribution in [0.2, 0.25) is 0 Å². The van der Waals surface area contributed by atoms with E-state index in [-0.39, 0.29) is 17.0 Å². The highest BCUT2D eigenvalue weighted by Gasteiger charge is 2.41. The Morgan fingerprint density at radius 3 is 2.18 bits per heavy atom. The zero-order valence-corrected chi connectivity index (χ0v) is 11.4. The molecule has 0 aromatic carbocycles. The number of carbonyl (C=O) groups excluding carboxylic acids is 2. The van der Waals surface area contributed by atoms with Crippen molar-refractivity contribution in [1.29, 1.82) is 0 Å². The normalized spacial score (nSPS) is 22.0. The number of carbonyl (C=O) groups is 2. The first kappa shape index (κ1) is 14.1. The summed E-state index contributed by atoms with van der Waals surface area (Å²) in [7, 11) is 0. The standard InChI is InChI=1S/C14H23NO2/c1-5-7-15-10(6-2)13-11(16)8-14(3,4)9-12(13)17/h13H,5-9H2,1-4H3. The Hall–Kier alpha value is -0.990. The lowest BCUT2D eigenvalue weighted by Crippen LogP contribution is -2.41. The molecule has 0 aliphatic heterocycles. The largest absolute Gasteiger partial charge is 0.298 e. The molecule has 0 unspecified atom stereocenters. The van der Waals surface area contributed by atoms with Crippen LogP contribution < -0.4 is 0 Å². The molecule has 1 aliphatic rings. The number of hydrogen-bond donors (Lipinski definition) is 0. The van der Waals surface area contributed by atoms with Crippen molar-refractivity contribution >= 4 is 17.3 Å². The van der Waals surface area contributed by atoms with Crippen LogP contribution in [0.4, 0.5) is 0 Å². The SMILES string of the molecule is CCCN=C(CC)C1C(=O)CC(C)(C)CC1=O. The molecule has 1 aliphatic carbocycles. The smallest absolute Gasteiger partial charge is 0.149 e. The van der Waals surface area contributed by atoms with Crippen LogP contribution in [0, 0.1) is 11.3 Å². The summed E-state index contributed by atoms with van der Waals surface area (Å²) in [6.45, 7) is 8.69. The topological polar surface area (TPSA) is 46.5 Å². The Bertz CT molecular complexity index is 322. The lowest BCUT2D eigenvalue weighted by molar-refractivity contribution is -0.136. The van der Waals surface area contributed by atoms with Crippen molar-refractivity contribution in [2.24, 2.45) is 16.3 Å². The Kier molecular flexibility index (Phi) is 4.61. The molecule has 0 spiro atoms. The predicted octanol–water partition coefficient (Wildman–Crippen LogP) is 2.82. The molecule has 1 rings (SSSR count). The van der Waals surface area contributed by atoms with Gasteiger partial charge in [-0.15, -0.1) is 0 Å². The Balaban J connectivity index is 2.90. The molecule has 0 aromatic rings. The average Bonchev–Trinajstić information content (AvgIpc) is 2.20. The van der Waals surface area contributed by atoms with E-state index in [2.05, 4.69) is 4.99 Å². The molecular weight excluding hydrogens is 214 g/mol. The Labute approximate surface area is 104 Å². The maximum Gasteiger partial charge on any atom is 0.149 e. The van der Waals surface area contributed by atoms with Crippen molar-refractivity contribution < 1.29 is 9.59 Å². The highest BCUT2D eigenvalue weighted by atomic mass is 16.2. The fourth-order valence-corrected chi connectivity index (χ4v) is 2.42. The molecule has 0 bridgehead atoms. The van der Waals surface area contributed by atoms with Crippen LogP contribution in [0.15, 0.2) is 4.99 Å². The lowest BCUT2D eigenvalue weighted by Gasteiger charge is -2.32. The number of aliphatic imine (C=N–C) groups is 1. The molecule has 3 nitrogen and oxygen atoms in total. The van der Waals surface area contributed by atoms with Crippen LogP contribution >= 0.6 is 0 Å². The van der Waals surface area contributed by atoms with Gasteiger partial charge in [0.15, 0.2) is 0 Å². The average molecular weight is 237 g/mol. The summed E-state index contributed by atoms with van der Waals surface area (Å²) in [5.74, 6) is -0.425. The van der Waals surface area contributed by atoms with Crippen LogP contribution in [-0.4, -0.2) is 23.8 Å². The van der Waals surface area contributed by atoms with Crippen molar-refractivity contribution in [2.45, 2.75) is 53.4 Å². The number of ketones is 2. The predicted molar refractivity (Wildman–Crippen MR) is 69.4 cm³/mol. The molecule has 0 saturated heterocycles. The van der Waals surface area contributed by atoms with E-state index in [9.17, 15) is 9.59 Å². The van der Waals surface area contributed by atoms with E-state index in [4.69, 9.17) is 0 Å². The second-order valence-electron chi connectivity index (χ2n) is 5.61. The molecule has 17 heavy (non-hydrogen) atoms. The first-order valence-corrected chi connectivity index (χ1v) is 6.50. The van der Waals surface area contributed by atoms with E-state index in [0.29, 0.717) is 25.8 Å². The van der Waals surface area contributed by atoms with E-state index < -0.39 is 5.92 Å². The third kappa shape index (κ3) is 3.48. The maximum atomic E-state index is 12.1. The number of hydrogen-bond acceptors (Lipinski definition) is 3. The highest BCUT2D eigenvalue weighted by molar-refractivity contribution is 6.22. The molecule has 1 saturated carbocycles. The van der Waals surface area contributed by atoms with Crippen LogP contribution in [0.5, 0.6) is 0 Å². The second kappa shape index (κ2) is 5.56. The zero-order chi connectivity index (χ0) is 13.1. The van der Waals surface area contributed by atoms with Gasteiger partial charge >= 0.3 is 0 Å². The van der Waals surface area contributed by atoms with Crippen LogP contribution in [0.25, 0.3) is 0 Å². The van der Waals surface area contributed by atoms with Crippen molar-refractivity contribution in [3.05, 3.63) is 0 Å². The van der Waals surface area contributed by atoms with Gasteiger partial charge in [0.1, 0.15) is 17.5 Å². The summed E-state index contributed by atoms with van der Waals surface area (Å²) in [4.78, 5) is 28.6. The van der Waals surface area contributed by atoms with E-state index >= 15 is 0 Å². The maximum absolute atomic E-state index is 12.1. The molecular formula is C14H23NO2. The first-order chi connectivity index (χ1) is 7.91.